The molecule has 0 saturated heterocycles. The number of hydrogen-bond acceptors (Lipinski definition) is 7. The first-order valence-corrected chi connectivity index (χ1v) is 9.16. The van der Waals surface area contributed by atoms with Gasteiger partial charge in [0.05, 0.1) is 12.7 Å². The van der Waals surface area contributed by atoms with E-state index in [9.17, 15) is 18.0 Å². The van der Waals surface area contributed by atoms with Crippen LogP contribution in [0.5, 0.6) is 5.88 Å². The van der Waals surface area contributed by atoms with Crippen LogP contribution < -0.4 is 14.8 Å². The molecule has 0 aliphatic rings. The maximum absolute atomic E-state index is 12.5. The smallest absolute Gasteiger partial charge is 0.335 e. The second-order valence-corrected chi connectivity index (χ2v) is 7.29. The Morgan fingerprint density at radius 3 is 2.48 bits per heavy atom. The number of nitrogens with one attached hydrogen (secondary N) is 2. The molecular formula is C16H19N5O5S. The Morgan fingerprint density at radius 2 is 1.85 bits per heavy atom. The van der Waals surface area contributed by atoms with Crippen LogP contribution in [0.1, 0.15) is 15.9 Å². The molecule has 10 nitrogen and oxygen atoms in total. The zero-order valence-electron chi connectivity index (χ0n) is 15.2. The Bertz CT molecular complexity index is 975. The van der Waals surface area contributed by atoms with Crippen LogP contribution in [0, 0.1) is 6.92 Å². The Balaban J connectivity index is 2.24. The third-order valence-corrected chi connectivity index (χ3v) is 4.77. The van der Waals surface area contributed by atoms with Gasteiger partial charge in [0, 0.05) is 25.9 Å². The summed E-state index contributed by atoms with van der Waals surface area (Å²) in [5.41, 5.74) is 0.586. The van der Waals surface area contributed by atoms with Gasteiger partial charge in [-0.15, -0.1) is 0 Å². The van der Waals surface area contributed by atoms with E-state index in [0.29, 0.717) is 5.56 Å². The van der Waals surface area contributed by atoms with Gasteiger partial charge in [-0.2, -0.15) is 4.98 Å². The molecule has 11 heteroatoms. The molecule has 2 N–H and O–H groups in total. The van der Waals surface area contributed by atoms with Gasteiger partial charge < -0.3 is 9.64 Å². The van der Waals surface area contributed by atoms with Crippen LogP contribution in [0.4, 0.5) is 10.7 Å². The largest absolute Gasteiger partial charge is 0.481 e. The minimum Gasteiger partial charge on any atom is -0.481 e. The molecule has 144 valence electrons. The lowest BCUT2D eigenvalue weighted by atomic mass is 10.2. The fourth-order valence-corrected chi connectivity index (χ4v) is 3.22. The van der Waals surface area contributed by atoms with Crippen molar-refractivity contribution in [1.82, 2.24) is 19.6 Å². The minimum absolute atomic E-state index is 0.0592. The summed E-state index contributed by atoms with van der Waals surface area (Å²) in [4.78, 5) is 33.0. The predicted octanol–water partition coefficient (Wildman–Crippen LogP) is 1.01. The van der Waals surface area contributed by atoms with E-state index in [1.54, 1.807) is 6.92 Å². The van der Waals surface area contributed by atoms with E-state index < -0.39 is 22.0 Å². The molecule has 0 aliphatic heterocycles. The predicted molar refractivity (Wildman–Crippen MR) is 97.1 cm³/mol. The number of aryl methyl sites for hydroxylation is 1. The van der Waals surface area contributed by atoms with Crippen LogP contribution in [0.3, 0.4) is 0 Å². The van der Waals surface area contributed by atoms with Crippen LogP contribution in [0.2, 0.25) is 0 Å². The lowest BCUT2D eigenvalue weighted by Gasteiger charge is -2.14. The van der Waals surface area contributed by atoms with Gasteiger partial charge in [0.15, 0.2) is 0 Å². The van der Waals surface area contributed by atoms with E-state index >= 15 is 0 Å². The van der Waals surface area contributed by atoms with Gasteiger partial charge in [0.2, 0.25) is 11.8 Å². The third kappa shape index (κ3) is 4.70. The van der Waals surface area contributed by atoms with Crippen LogP contribution >= 0.6 is 0 Å². The molecule has 1 aromatic heterocycles. The first-order valence-electron chi connectivity index (χ1n) is 7.68. The highest BCUT2D eigenvalue weighted by Crippen LogP contribution is 2.17. The molecule has 1 heterocycles. The number of carbonyl (C=O) groups is 2. The van der Waals surface area contributed by atoms with Crippen molar-refractivity contribution in [2.45, 2.75) is 11.8 Å². The van der Waals surface area contributed by atoms with Crippen LogP contribution in [0.25, 0.3) is 0 Å². The standard InChI is InChI=1S/C16H19N5O5S/c1-10-9-17-15(18-13(10)26-4)19-16(23)20-27(24,25)12-8-6-5-7-11(12)14(22)21(2)3/h5-9H,1-4H3,(H2,17,18,19,20,23). The molecule has 0 atom stereocenters. The number of amides is 3. The number of benzene rings is 1. The second-order valence-electron chi connectivity index (χ2n) is 5.64. The SMILES string of the molecule is COc1nc(NC(=O)NS(=O)(=O)c2ccccc2C(=O)N(C)C)ncc1C. The molecule has 0 unspecified atom stereocenters. The van der Waals surface area contributed by atoms with Gasteiger partial charge in [0.1, 0.15) is 4.90 Å². The number of hydrogen-bond donors (Lipinski definition) is 2. The molecular weight excluding hydrogens is 374 g/mol. The normalized spacial score (nSPS) is 10.8. The number of sulfonamides is 1. The number of aromatic nitrogens is 2. The van der Waals surface area contributed by atoms with Gasteiger partial charge >= 0.3 is 6.03 Å². The van der Waals surface area contributed by atoms with Crippen molar-refractivity contribution in [3.05, 3.63) is 41.6 Å². The van der Waals surface area contributed by atoms with Gasteiger partial charge in [-0.05, 0) is 19.1 Å². The summed E-state index contributed by atoms with van der Waals surface area (Å²) in [6.07, 6.45) is 1.42. The number of rotatable bonds is 5. The summed E-state index contributed by atoms with van der Waals surface area (Å²) in [5, 5.41) is 2.21. The zero-order valence-corrected chi connectivity index (χ0v) is 16.0. The number of methoxy groups -OCH3 is 1. The molecule has 27 heavy (non-hydrogen) atoms. The summed E-state index contributed by atoms with van der Waals surface area (Å²) < 4.78 is 32.0. The van der Waals surface area contributed by atoms with Crippen molar-refractivity contribution in [3.8, 4) is 5.88 Å². The highest BCUT2D eigenvalue weighted by Gasteiger charge is 2.25. The molecule has 0 fully saturated rings. The molecule has 2 rings (SSSR count). The van der Waals surface area contributed by atoms with E-state index in [4.69, 9.17) is 4.74 Å². The summed E-state index contributed by atoms with van der Waals surface area (Å²) in [7, 11) is 0.0842. The molecule has 2 aromatic rings. The van der Waals surface area contributed by atoms with Crippen molar-refractivity contribution in [2.75, 3.05) is 26.5 Å². The maximum atomic E-state index is 12.5. The fraction of sp³-hybridized carbons (Fsp3) is 0.250. The summed E-state index contributed by atoms with van der Waals surface area (Å²) in [6.45, 7) is 1.71. The number of anilines is 1. The lowest BCUT2D eigenvalue weighted by molar-refractivity contribution is 0.0824. The number of urea groups is 1. The van der Waals surface area contributed by atoms with E-state index in [1.165, 1.54) is 56.6 Å². The number of carbonyl (C=O) groups excluding carboxylic acids is 2. The molecule has 3 amide bonds. The Hall–Kier alpha value is -3.21. The molecule has 1 aromatic carbocycles. The Labute approximate surface area is 156 Å². The van der Waals surface area contributed by atoms with E-state index in [-0.39, 0.29) is 22.3 Å². The maximum Gasteiger partial charge on any atom is 0.335 e. The van der Waals surface area contributed by atoms with Gasteiger partial charge in [-0.3, -0.25) is 10.1 Å². The Morgan fingerprint density at radius 1 is 1.19 bits per heavy atom. The minimum atomic E-state index is -4.31. The number of ether oxygens (including phenoxy) is 1. The highest BCUT2D eigenvalue weighted by molar-refractivity contribution is 7.90. The van der Waals surface area contributed by atoms with E-state index in [2.05, 4.69) is 15.3 Å². The summed E-state index contributed by atoms with van der Waals surface area (Å²) >= 11 is 0. The first kappa shape index (κ1) is 20.1. The molecule has 0 radical (unpaired) electrons. The van der Waals surface area contributed by atoms with E-state index in [1.807, 2.05) is 4.72 Å². The van der Waals surface area contributed by atoms with Gasteiger partial charge in [-0.1, -0.05) is 12.1 Å². The fourth-order valence-electron chi connectivity index (χ4n) is 2.12. The quantitative estimate of drug-likeness (QED) is 0.775. The van der Waals surface area contributed by atoms with Crippen molar-refractivity contribution in [2.24, 2.45) is 0 Å². The van der Waals surface area contributed by atoms with Crippen molar-refractivity contribution < 1.29 is 22.7 Å². The summed E-state index contributed by atoms with van der Waals surface area (Å²) in [6, 6.07) is 4.50. The van der Waals surface area contributed by atoms with Crippen LogP contribution in [-0.2, 0) is 10.0 Å². The lowest BCUT2D eigenvalue weighted by Crippen LogP contribution is -2.36. The Kier molecular flexibility index (Phi) is 5.95. The molecule has 0 saturated carbocycles. The molecule has 0 spiro atoms. The van der Waals surface area contributed by atoms with E-state index in [0.717, 1.165) is 0 Å². The molecule has 0 bridgehead atoms. The van der Waals surface area contributed by atoms with Crippen molar-refractivity contribution in [3.63, 3.8) is 0 Å². The second kappa shape index (κ2) is 7.99. The highest BCUT2D eigenvalue weighted by atomic mass is 32.2. The van der Waals surface area contributed by atoms with Crippen LogP contribution in [-0.4, -0.2) is 56.4 Å². The zero-order chi connectivity index (χ0) is 20.2. The first-order chi connectivity index (χ1) is 12.7. The van der Waals surface area contributed by atoms with Crippen LogP contribution in [0.15, 0.2) is 35.4 Å². The van der Waals surface area contributed by atoms with Gasteiger partial charge in [0.25, 0.3) is 15.9 Å². The monoisotopic (exact) mass is 393 g/mol. The number of nitrogens with zero attached hydrogens (tertiary/aromatic N) is 3. The third-order valence-electron chi connectivity index (χ3n) is 3.38. The average Bonchev–Trinajstić information content (AvgIpc) is 2.62. The molecule has 0 aliphatic carbocycles. The topological polar surface area (TPSA) is 131 Å². The van der Waals surface area contributed by atoms with Crippen molar-refractivity contribution in [1.29, 1.82) is 0 Å². The average molecular weight is 393 g/mol. The van der Waals surface area contributed by atoms with Crippen molar-refractivity contribution >= 4 is 27.9 Å². The van der Waals surface area contributed by atoms with Gasteiger partial charge in [-0.25, -0.2) is 22.9 Å². The summed E-state index contributed by atoms with van der Waals surface area (Å²) in [5.74, 6) is -0.407.